The van der Waals surface area contributed by atoms with Crippen LogP contribution in [0, 0.1) is 19.3 Å². The topological polar surface area (TPSA) is 29.5 Å². The Morgan fingerprint density at radius 2 is 1.77 bits per heavy atom. The van der Waals surface area contributed by atoms with Gasteiger partial charge in [0.15, 0.2) is 0 Å². The number of ether oxygens (including phenoxy) is 1. The van der Waals surface area contributed by atoms with E-state index >= 15 is 0 Å². The summed E-state index contributed by atoms with van der Waals surface area (Å²) in [7, 11) is 0. The first-order valence-corrected chi connectivity index (χ1v) is 9.42. The molecule has 1 amide bonds. The van der Waals surface area contributed by atoms with E-state index in [9.17, 15) is 4.79 Å². The zero-order valence-corrected chi connectivity index (χ0v) is 16.7. The van der Waals surface area contributed by atoms with Gasteiger partial charge in [-0.2, -0.15) is 0 Å². The van der Waals surface area contributed by atoms with Gasteiger partial charge in [0, 0.05) is 17.6 Å². The van der Waals surface area contributed by atoms with Crippen LogP contribution >= 0.6 is 0 Å². The fourth-order valence-corrected chi connectivity index (χ4v) is 3.08. The molecular formula is C23H31NO2. The maximum absolute atomic E-state index is 13.0. The summed E-state index contributed by atoms with van der Waals surface area (Å²) in [4.78, 5) is 14.9. The molecule has 2 aromatic carbocycles. The molecule has 0 aliphatic rings. The summed E-state index contributed by atoms with van der Waals surface area (Å²) in [5.74, 6) is 1.10. The van der Waals surface area contributed by atoms with Gasteiger partial charge < -0.3 is 9.64 Å². The van der Waals surface area contributed by atoms with Gasteiger partial charge in [-0.15, -0.1) is 0 Å². The largest absolute Gasteiger partial charge is 0.493 e. The van der Waals surface area contributed by atoms with Crippen molar-refractivity contribution in [1.82, 2.24) is 0 Å². The predicted molar refractivity (Wildman–Crippen MR) is 109 cm³/mol. The Balaban J connectivity index is 1.92. The predicted octanol–water partition coefficient (Wildman–Crippen LogP) is 5.54. The van der Waals surface area contributed by atoms with E-state index in [2.05, 4.69) is 32.0 Å². The molecule has 26 heavy (non-hydrogen) atoms. The van der Waals surface area contributed by atoms with Crippen LogP contribution in [0.15, 0.2) is 48.5 Å². The van der Waals surface area contributed by atoms with Crippen LogP contribution in [0.1, 0.15) is 44.7 Å². The molecule has 2 rings (SSSR count). The van der Waals surface area contributed by atoms with Crippen LogP contribution in [0.2, 0.25) is 0 Å². The lowest BCUT2D eigenvalue weighted by molar-refractivity contribution is -0.127. The number of amides is 1. The van der Waals surface area contributed by atoms with E-state index < -0.39 is 5.41 Å². The Morgan fingerprint density at radius 3 is 2.42 bits per heavy atom. The van der Waals surface area contributed by atoms with Crippen LogP contribution in [-0.2, 0) is 4.79 Å². The highest BCUT2D eigenvalue weighted by molar-refractivity contribution is 5.97. The lowest BCUT2D eigenvalue weighted by Gasteiger charge is -2.31. The van der Waals surface area contributed by atoms with Gasteiger partial charge in [0.25, 0.3) is 0 Å². The first kappa shape index (κ1) is 20.0. The van der Waals surface area contributed by atoms with Crippen molar-refractivity contribution in [3.05, 3.63) is 59.7 Å². The van der Waals surface area contributed by atoms with E-state index in [4.69, 9.17) is 4.74 Å². The number of nitrogens with zero attached hydrogens (tertiary/aromatic N) is 1. The summed E-state index contributed by atoms with van der Waals surface area (Å²) in [5, 5.41) is 0. The summed E-state index contributed by atoms with van der Waals surface area (Å²) in [6.07, 6.45) is 1.64. The summed E-state index contributed by atoms with van der Waals surface area (Å²) in [6, 6.07) is 16.1. The van der Waals surface area contributed by atoms with Gasteiger partial charge >= 0.3 is 0 Å². The second kappa shape index (κ2) is 8.88. The second-order valence-electron chi connectivity index (χ2n) is 7.49. The van der Waals surface area contributed by atoms with Crippen molar-refractivity contribution >= 4 is 11.6 Å². The van der Waals surface area contributed by atoms with Crippen molar-refractivity contribution in [3.8, 4) is 5.75 Å². The highest BCUT2D eigenvalue weighted by Gasteiger charge is 2.31. The van der Waals surface area contributed by atoms with E-state index in [-0.39, 0.29) is 5.91 Å². The zero-order chi connectivity index (χ0) is 19.2. The quantitative estimate of drug-likeness (QED) is 0.583. The number of carbonyl (C=O) groups excluding carboxylic acids is 1. The standard InChI is InChI=1S/C23H31NO2/c1-6-24(20-11-8-7-9-12-20)22(25)23(4,5)15-10-16-26-21-17-18(2)13-14-19(21)3/h7-9,11-14,17H,6,10,15-16H2,1-5H3. The lowest BCUT2D eigenvalue weighted by Crippen LogP contribution is -2.41. The molecule has 0 saturated heterocycles. The van der Waals surface area contributed by atoms with Gasteiger partial charge in [-0.05, 0) is 62.9 Å². The maximum atomic E-state index is 13.0. The SMILES string of the molecule is CCN(C(=O)C(C)(C)CCCOc1cc(C)ccc1C)c1ccccc1. The number of para-hydroxylation sites is 1. The Kier molecular flexibility index (Phi) is 6.84. The Hall–Kier alpha value is -2.29. The van der Waals surface area contributed by atoms with E-state index in [1.165, 1.54) is 5.56 Å². The van der Waals surface area contributed by atoms with E-state index in [0.29, 0.717) is 13.2 Å². The highest BCUT2D eigenvalue weighted by Crippen LogP contribution is 2.28. The first-order chi connectivity index (χ1) is 12.3. The zero-order valence-electron chi connectivity index (χ0n) is 16.7. The molecule has 0 aliphatic carbocycles. The summed E-state index contributed by atoms with van der Waals surface area (Å²) in [5.41, 5.74) is 2.88. The minimum Gasteiger partial charge on any atom is -0.493 e. The number of benzene rings is 2. The van der Waals surface area contributed by atoms with Crippen molar-refractivity contribution in [2.24, 2.45) is 5.41 Å². The molecule has 0 radical (unpaired) electrons. The normalized spacial score (nSPS) is 11.3. The number of anilines is 1. The molecule has 3 heteroatoms. The Labute approximate surface area is 158 Å². The van der Waals surface area contributed by atoms with Gasteiger partial charge in [0.2, 0.25) is 5.91 Å². The fraction of sp³-hybridized carbons (Fsp3) is 0.435. The molecular weight excluding hydrogens is 322 g/mol. The molecule has 0 bridgehead atoms. The van der Waals surface area contributed by atoms with Crippen molar-refractivity contribution in [1.29, 1.82) is 0 Å². The number of carbonyl (C=O) groups is 1. The minimum absolute atomic E-state index is 0.165. The molecule has 3 nitrogen and oxygen atoms in total. The third-order valence-corrected chi connectivity index (χ3v) is 4.76. The summed E-state index contributed by atoms with van der Waals surface area (Å²) < 4.78 is 5.94. The molecule has 0 aliphatic heterocycles. The fourth-order valence-electron chi connectivity index (χ4n) is 3.08. The lowest BCUT2D eigenvalue weighted by atomic mass is 9.86. The van der Waals surface area contributed by atoms with Crippen molar-refractivity contribution in [3.63, 3.8) is 0 Å². The average molecular weight is 354 g/mol. The molecule has 0 saturated carbocycles. The Morgan fingerprint density at radius 1 is 1.08 bits per heavy atom. The van der Waals surface area contributed by atoms with E-state index in [1.54, 1.807) is 0 Å². The van der Waals surface area contributed by atoms with Gasteiger partial charge in [0.1, 0.15) is 5.75 Å². The molecule has 2 aromatic rings. The van der Waals surface area contributed by atoms with Gasteiger partial charge in [0.05, 0.1) is 6.61 Å². The Bertz CT molecular complexity index is 722. The monoisotopic (exact) mass is 353 g/mol. The van der Waals surface area contributed by atoms with Gasteiger partial charge in [-0.25, -0.2) is 0 Å². The average Bonchev–Trinajstić information content (AvgIpc) is 2.63. The minimum atomic E-state index is -0.420. The summed E-state index contributed by atoms with van der Waals surface area (Å²) >= 11 is 0. The molecule has 0 spiro atoms. The van der Waals surface area contributed by atoms with Gasteiger partial charge in [-0.3, -0.25) is 4.79 Å². The molecule has 0 atom stereocenters. The smallest absolute Gasteiger partial charge is 0.232 e. The van der Waals surface area contributed by atoms with Crippen LogP contribution in [-0.4, -0.2) is 19.1 Å². The van der Waals surface area contributed by atoms with Crippen molar-refractivity contribution in [2.45, 2.75) is 47.5 Å². The number of aryl methyl sites for hydroxylation is 2. The van der Waals surface area contributed by atoms with Crippen LogP contribution in [0.25, 0.3) is 0 Å². The van der Waals surface area contributed by atoms with Gasteiger partial charge in [-0.1, -0.05) is 44.2 Å². The highest BCUT2D eigenvalue weighted by atomic mass is 16.5. The molecule has 0 fully saturated rings. The van der Waals surface area contributed by atoms with E-state index in [0.717, 1.165) is 29.8 Å². The third kappa shape index (κ3) is 5.10. The number of hydrogen-bond acceptors (Lipinski definition) is 2. The molecule has 0 N–H and O–H groups in total. The maximum Gasteiger partial charge on any atom is 0.232 e. The van der Waals surface area contributed by atoms with Crippen LogP contribution in [0.3, 0.4) is 0 Å². The van der Waals surface area contributed by atoms with Crippen molar-refractivity contribution in [2.75, 3.05) is 18.1 Å². The molecule has 0 unspecified atom stereocenters. The first-order valence-electron chi connectivity index (χ1n) is 9.42. The number of rotatable bonds is 8. The third-order valence-electron chi connectivity index (χ3n) is 4.76. The van der Waals surface area contributed by atoms with E-state index in [1.807, 2.05) is 56.0 Å². The number of hydrogen-bond donors (Lipinski definition) is 0. The molecule has 0 heterocycles. The van der Waals surface area contributed by atoms with Crippen LogP contribution in [0.5, 0.6) is 5.75 Å². The van der Waals surface area contributed by atoms with Crippen LogP contribution in [0.4, 0.5) is 5.69 Å². The summed E-state index contributed by atoms with van der Waals surface area (Å²) in [6.45, 7) is 11.5. The molecule has 140 valence electrons. The second-order valence-corrected chi connectivity index (χ2v) is 7.49. The van der Waals surface area contributed by atoms with Crippen LogP contribution < -0.4 is 9.64 Å². The van der Waals surface area contributed by atoms with Crippen molar-refractivity contribution < 1.29 is 9.53 Å². The molecule has 0 aromatic heterocycles.